The van der Waals surface area contributed by atoms with Crippen LogP contribution in [0.1, 0.15) is 58.3 Å². The van der Waals surface area contributed by atoms with Crippen molar-refractivity contribution in [1.29, 1.82) is 0 Å². The molecule has 2 aliphatic carbocycles. The van der Waals surface area contributed by atoms with Crippen LogP contribution >= 0.6 is 0 Å². The summed E-state index contributed by atoms with van der Waals surface area (Å²) in [5, 5.41) is 13.9. The van der Waals surface area contributed by atoms with Gasteiger partial charge in [-0.15, -0.1) is 0 Å². The van der Waals surface area contributed by atoms with Gasteiger partial charge in [-0.25, -0.2) is 0 Å². The summed E-state index contributed by atoms with van der Waals surface area (Å²) < 4.78 is 0. The average molecular weight is 225 g/mol. The van der Waals surface area contributed by atoms with E-state index in [1.807, 2.05) is 0 Å². The van der Waals surface area contributed by atoms with Crippen molar-refractivity contribution in [2.24, 2.45) is 11.8 Å². The van der Waals surface area contributed by atoms with Crippen LogP contribution in [0.5, 0.6) is 0 Å². The van der Waals surface area contributed by atoms with Crippen molar-refractivity contribution < 1.29 is 5.11 Å². The van der Waals surface area contributed by atoms with E-state index in [4.69, 9.17) is 0 Å². The Labute approximate surface area is 99.8 Å². The summed E-state index contributed by atoms with van der Waals surface area (Å²) in [7, 11) is 0. The number of hydrogen-bond donors (Lipinski definition) is 2. The lowest BCUT2D eigenvalue weighted by molar-refractivity contribution is 0.00408. The van der Waals surface area contributed by atoms with E-state index in [1.54, 1.807) is 0 Å². The van der Waals surface area contributed by atoms with E-state index in [9.17, 15) is 5.11 Å². The van der Waals surface area contributed by atoms with E-state index < -0.39 is 0 Å². The summed E-state index contributed by atoms with van der Waals surface area (Å²) in [6.07, 6.45) is 9.90. The molecule has 2 N–H and O–H groups in total. The van der Waals surface area contributed by atoms with Crippen LogP contribution in [0.3, 0.4) is 0 Å². The molecule has 2 atom stereocenters. The first kappa shape index (κ1) is 12.4. The SMILES string of the molecule is CC1CCCC1CNCC1(O)CCCCC1. The van der Waals surface area contributed by atoms with Gasteiger partial charge in [0.15, 0.2) is 0 Å². The maximum absolute atomic E-state index is 10.3. The Bertz CT molecular complexity index is 211. The number of hydrogen-bond acceptors (Lipinski definition) is 2. The normalized spacial score (nSPS) is 34.1. The average Bonchev–Trinajstić information content (AvgIpc) is 2.65. The molecule has 2 heteroatoms. The Morgan fingerprint density at radius 3 is 2.50 bits per heavy atom. The highest BCUT2D eigenvalue weighted by molar-refractivity contribution is 4.85. The predicted octanol–water partition coefficient (Wildman–Crippen LogP) is 2.71. The zero-order chi connectivity index (χ0) is 11.4. The molecule has 16 heavy (non-hydrogen) atoms. The zero-order valence-electron chi connectivity index (χ0n) is 10.7. The van der Waals surface area contributed by atoms with E-state index in [0.29, 0.717) is 0 Å². The van der Waals surface area contributed by atoms with Crippen LogP contribution in [0.2, 0.25) is 0 Å². The summed E-state index contributed by atoms with van der Waals surface area (Å²) in [5.74, 6) is 1.74. The first-order valence-corrected chi connectivity index (χ1v) is 7.13. The van der Waals surface area contributed by atoms with Crippen LogP contribution in [0.4, 0.5) is 0 Å². The summed E-state index contributed by atoms with van der Waals surface area (Å²) >= 11 is 0. The van der Waals surface area contributed by atoms with Crippen molar-refractivity contribution in [1.82, 2.24) is 5.32 Å². The van der Waals surface area contributed by atoms with Gasteiger partial charge in [0.2, 0.25) is 0 Å². The highest BCUT2D eigenvalue weighted by Gasteiger charge is 2.29. The molecule has 94 valence electrons. The first-order chi connectivity index (χ1) is 7.70. The van der Waals surface area contributed by atoms with Crippen LogP contribution in [0, 0.1) is 11.8 Å². The molecule has 0 spiro atoms. The van der Waals surface area contributed by atoms with Crippen LogP contribution in [-0.2, 0) is 0 Å². The van der Waals surface area contributed by atoms with Gasteiger partial charge in [0, 0.05) is 6.54 Å². The third kappa shape index (κ3) is 3.21. The van der Waals surface area contributed by atoms with E-state index in [2.05, 4.69) is 12.2 Å². The topological polar surface area (TPSA) is 32.3 Å². The van der Waals surface area contributed by atoms with Gasteiger partial charge in [-0.05, 0) is 37.6 Å². The summed E-state index contributed by atoms with van der Waals surface area (Å²) in [6, 6.07) is 0. The molecule has 0 radical (unpaired) electrons. The molecule has 0 heterocycles. The standard InChI is InChI=1S/C14H27NO/c1-12-6-5-7-13(12)10-15-11-14(16)8-3-2-4-9-14/h12-13,15-16H,2-11H2,1H3. The van der Waals surface area contributed by atoms with E-state index in [1.165, 1.54) is 38.5 Å². The Morgan fingerprint density at radius 2 is 1.88 bits per heavy atom. The summed E-state index contributed by atoms with van der Waals surface area (Å²) in [5.41, 5.74) is -0.389. The van der Waals surface area contributed by atoms with Gasteiger partial charge in [-0.2, -0.15) is 0 Å². The van der Waals surface area contributed by atoms with Gasteiger partial charge in [0.05, 0.1) is 5.60 Å². The molecule has 0 amide bonds. The largest absolute Gasteiger partial charge is 0.389 e. The van der Waals surface area contributed by atoms with E-state index in [0.717, 1.165) is 37.8 Å². The fraction of sp³-hybridized carbons (Fsp3) is 1.00. The third-order valence-electron chi connectivity index (χ3n) is 4.68. The molecular formula is C14H27NO. The van der Waals surface area contributed by atoms with Crippen molar-refractivity contribution in [3.63, 3.8) is 0 Å². The number of rotatable bonds is 4. The summed E-state index contributed by atoms with van der Waals surface area (Å²) in [6.45, 7) is 4.30. The van der Waals surface area contributed by atoms with Crippen molar-refractivity contribution >= 4 is 0 Å². The van der Waals surface area contributed by atoms with Crippen molar-refractivity contribution in [2.45, 2.75) is 63.9 Å². The monoisotopic (exact) mass is 225 g/mol. The van der Waals surface area contributed by atoms with Gasteiger partial charge in [0.1, 0.15) is 0 Å². The highest BCUT2D eigenvalue weighted by Crippen LogP contribution is 2.31. The van der Waals surface area contributed by atoms with Gasteiger partial charge >= 0.3 is 0 Å². The maximum Gasteiger partial charge on any atom is 0.0771 e. The van der Waals surface area contributed by atoms with Crippen LogP contribution in [-0.4, -0.2) is 23.8 Å². The smallest absolute Gasteiger partial charge is 0.0771 e. The second-order valence-electron chi connectivity index (χ2n) is 6.08. The Balaban J connectivity index is 1.66. The molecular weight excluding hydrogens is 198 g/mol. The lowest BCUT2D eigenvalue weighted by Crippen LogP contribution is -2.43. The fourth-order valence-corrected chi connectivity index (χ4v) is 3.40. The third-order valence-corrected chi connectivity index (χ3v) is 4.68. The molecule has 0 aliphatic heterocycles. The van der Waals surface area contributed by atoms with Gasteiger partial charge in [0.25, 0.3) is 0 Å². The lowest BCUT2D eigenvalue weighted by Gasteiger charge is -2.33. The lowest BCUT2D eigenvalue weighted by atomic mass is 9.84. The second-order valence-corrected chi connectivity index (χ2v) is 6.08. The Morgan fingerprint density at radius 1 is 1.12 bits per heavy atom. The fourth-order valence-electron chi connectivity index (χ4n) is 3.40. The predicted molar refractivity (Wildman–Crippen MR) is 67.4 cm³/mol. The number of nitrogens with one attached hydrogen (secondary N) is 1. The molecule has 0 saturated heterocycles. The molecule has 2 saturated carbocycles. The van der Waals surface area contributed by atoms with Gasteiger partial charge in [-0.1, -0.05) is 39.0 Å². The molecule has 2 nitrogen and oxygen atoms in total. The van der Waals surface area contributed by atoms with Crippen LogP contribution < -0.4 is 5.32 Å². The Kier molecular flexibility index (Phi) is 4.26. The maximum atomic E-state index is 10.3. The van der Waals surface area contributed by atoms with Crippen molar-refractivity contribution in [3.8, 4) is 0 Å². The quantitative estimate of drug-likeness (QED) is 0.771. The number of aliphatic hydroxyl groups is 1. The van der Waals surface area contributed by atoms with E-state index >= 15 is 0 Å². The highest BCUT2D eigenvalue weighted by atomic mass is 16.3. The van der Waals surface area contributed by atoms with Crippen LogP contribution in [0.15, 0.2) is 0 Å². The van der Waals surface area contributed by atoms with Crippen molar-refractivity contribution in [3.05, 3.63) is 0 Å². The minimum Gasteiger partial charge on any atom is -0.389 e. The minimum absolute atomic E-state index is 0.389. The van der Waals surface area contributed by atoms with Gasteiger partial charge in [-0.3, -0.25) is 0 Å². The molecule has 2 fully saturated rings. The zero-order valence-corrected chi connectivity index (χ0v) is 10.7. The molecule has 2 rings (SSSR count). The molecule has 0 aromatic carbocycles. The Hall–Kier alpha value is -0.0800. The minimum atomic E-state index is -0.389. The summed E-state index contributed by atoms with van der Waals surface area (Å²) in [4.78, 5) is 0. The molecule has 2 unspecified atom stereocenters. The molecule has 0 aromatic heterocycles. The molecule has 2 aliphatic rings. The van der Waals surface area contributed by atoms with E-state index in [-0.39, 0.29) is 5.60 Å². The van der Waals surface area contributed by atoms with Gasteiger partial charge < -0.3 is 10.4 Å². The molecule has 0 bridgehead atoms. The van der Waals surface area contributed by atoms with Crippen LogP contribution in [0.25, 0.3) is 0 Å². The van der Waals surface area contributed by atoms with Crippen molar-refractivity contribution in [2.75, 3.05) is 13.1 Å². The second kappa shape index (κ2) is 5.50. The molecule has 0 aromatic rings. The first-order valence-electron chi connectivity index (χ1n) is 7.13.